The van der Waals surface area contributed by atoms with E-state index in [0.29, 0.717) is 6.42 Å². The van der Waals surface area contributed by atoms with Crippen LogP contribution in [0.15, 0.2) is 59.0 Å². The summed E-state index contributed by atoms with van der Waals surface area (Å²) in [4.78, 5) is 13.3. The fraction of sp³-hybridized carbons (Fsp3) is 0.267. The van der Waals surface area contributed by atoms with Crippen molar-refractivity contribution in [2.45, 2.75) is 29.9 Å². The Labute approximate surface area is 107 Å². The van der Waals surface area contributed by atoms with Crippen molar-refractivity contribution in [3.05, 3.63) is 54.1 Å². The molecule has 0 amide bonds. The van der Waals surface area contributed by atoms with Gasteiger partial charge in [-0.25, -0.2) is 0 Å². The molecule has 1 unspecified atom stereocenters. The third-order valence-corrected chi connectivity index (χ3v) is 4.18. The molecule has 17 heavy (non-hydrogen) atoms. The molecule has 0 saturated heterocycles. The molecule has 2 heteroatoms. The van der Waals surface area contributed by atoms with Crippen LogP contribution >= 0.6 is 11.8 Å². The molecule has 0 aromatic heterocycles. The predicted octanol–water partition coefficient (Wildman–Crippen LogP) is 4.01. The van der Waals surface area contributed by atoms with Gasteiger partial charge in [-0.15, -0.1) is 18.3 Å². The summed E-state index contributed by atoms with van der Waals surface area (Å²) in [6.45, 7) is 5.77. The Morgan fingerprint density at radius 1 is 1.41 bits per heavy atom. The quantitative estimate of drug-likeness (QED) is 0.744. The van der Waals surface area contributed by atoms with Crippen molar-refractivity contribution in [1.29, 1.82) is 0 Å². The summed E-state index contributed by atoms with van der Waals surface area (Å²) in [7, 11) is 0. The van der Waals surface area contributed by atoms with Gasteiger partial charge in [0, 0.05) is 4.90 Å². The molecule has 0 heterocycles. The highest BCUT2D eigenvalue weighted by atomic mass is 32.2. The van der Waals surface area contributed by atoms with Gasteiger partial charge in [0.25, 0.3) is 0 Å². The standard InChI is InChI=1S/C15H16OS/c1-3-7-13-11(2)10-14(15(13)16)17-12-8-5-4-6-9-12/h3-6,8-9,14H,1,7,10H2,2H3. The van der Waals surface area contributed by atoms with Crippen LogP contribution in [0.2, 0.25) is 0 Å². The zero-order chi connectivity index (χ0) is 12.3. The van der Waals surface area contributed by atoms with Crippen LogP contribution in [0, 0.1) is 0 Å². The molecule has 0 spiro atoms. The molecule has 0 saturated carbocycles. The van der Waals surface area contributed by atoms with Crippen molar-refractivity contribution in [2.24, 2.45) is 0 Å². The molecule has 1 aliphatic carbocycles. The van der Waals surface area contributed by atoms with Crippen LogP contribution in [0.4, 0.5) is 0 Å². The normalized spacial score (nSPS) is 19.8. The van der Waals surface area contributed by atoms with Gasteiger partial charge in [0.15, 0.2) is 5.78 Å². The Morgan fingerprint density at radius 2 is 2.12 bits per heavy atom. The van der Waals surface area contributed by atoms with Gasteiger partial charge >= 0.3 is 0 Å². The monoisotopic (exact) mass is 244 g/mol. The molecule has 1 aliphatic rings. The van der Waals surface area contributed by atoms with Crippen molar-refractivity contribution < 1.29 is 4.79 Å². The molecular weight excluding hydrogens is 228 g/mol. The van der Waals surface area contributed by atoms with Gasteiger partial charge in [0.05, 0.1) is 5.25 Å². The van der Waals surface area contributed by atoms with Crippen molar-refractivity contribution in [1.82, 2.24) is 0 Å². The van der Waals surface area contributed by atoms with Gasteiger partial charge in [0.2, 0.25) is 0 Å². The molecule has 0 N–H and O–H groups in total. The van der Waals surface area contributed by atoms with Gasteiger partial charge in [0.1, 0.15) is 0 Å². The summed E-state index contributed by atoms with van der Waals surface area (Å²) in [5.41, 5.74) is 2.19. The highest BCUT2D eigenvalue weighted by molar-refractivity contribution is 8.00. The lowest BCUT2D eigenvalue weighted by molar-refractivity contribution is -0.114. The maximum atomic E-state index is 12.2. The van der Waals surface area contributed by atoms with Crippen LogP contribution in [-0.4, -0.2) is 11.0 Å². The first-order valence-electron chi connectivity index (χ1n) is 5.78. The number of allylic oxidation sites excluding steroid dienone is 3. The average molecular weight is 244 g/mol. The molecule has 2 rings (SSSR count). The van der Waals surface area contributed by atoms with Crippen molar-refractivity contribution in [3.8, 4) is 0 Å². The lowest BCUT2D eigenvalue weighted by Crippen LogP contribution is -2.12. The van der Waals surface area contributed by atoms with Crippen LogP contribution in [0.1, 0.15) is 19.8 Å². The second kappa shape index (κ2) is 5.37. The Hall–Kier alpha value is -1.28. The largest absolute Gasteiger partial charge is 0.293 e. The first-order valence-corrected chi connectivity index (χ1v) is 6.65. The minimum absolute atomic E-state index is 0.0624. The minimum atomic E-state index is 0.0624. The molecule has 1 aromatic rings. The number of carbonyl (C=O) groups excluding carboxylic acids is 1. The van der Waals surface area contributed by atoms with E-state index in [0.717, 1.165) is 12.0 Å². The van der Waals surface area contributed by atoms with Gasteiger partial charge in [-0.2, -0.15) is 0 Å². The van der Waals surface area contributed by atoms with E-state index in [-0.39, 0.29) is 11.0 Å². The third kappa shape index (κ3) is 2.70. The van der Waals surface area contributed by atoms with Crippen LogP contribution in [-0.2, 0) is 4.79 Å². The highest BCUT2D eigenvalue weighted by Gasteiger charge is 2.30. The predicted molar refractivity (Wildman–Crippen MR) is 73.2 cm³/mol. The first kappa shape index (κ1) is 12.2. The van der Waals surface area contributed by atoms with Crippen molar-refractivity contribution in [3.63, 3.8) is 0 Å². The molecule has 0 fully saturated rings. The number of benzene rings is 1. The van der Waals surface area contributed by atoms with E-state index in [1.165, 1.54) is 10.5 Å². The van der Waals surface area contributed by atoms with Gasteiger partial charge in [-0.3, -0.25) is 4.79 Å². The Bertz CT molecular complexity index is 459. The molecule has 1 aromatic carbocycles. The number of hydrogen-bond donors (Lipinski definition) is 0. The van der Waals surface area contributed by atoms with E-state index in [2.05, 4.69) is 25.6 Å². The van der Waals surface area contributed by atoms with E-state index in [9.17, 15) is 4.79 Å². The summed E-state index contributed by atoms with van der Waals surface area (Å²) >= 11 is 1.67. The molecule has 0 radical (unpaired) electrons. The van der Waals surface area contributed by atoms with Crippen LogP contribution in [0.5, 0.6) is 0 Å². The summed E-state index contributed by atoms with van der Waals surface area (Å²) in [6, 6.07) is 10.1. The maximum absolute atomic E-state index is 12.2. The van der Waals surface area contributed by atoms with E-state index >= 15 is 0 Å². The fourth-order valence-corrected chi connectivity index (χ4v) is 3.30. The van der Waals surface area contributed by atoms with E-state index in [1.807, 2.05) is 24.3 Å². The third-order valence-electron chi connectivity index (χ3n) is 2.97. The molecule has 1 nitrogen and oxygen atoms in total. The number of thioether (sulfide) groups is 1. The molecule has 1 atom stereocenters. The first-order chi connectivity index (χ1) is 8.22. The van der Waals surface area contributed by atoms with Gasteiger partial charge in [-0.05, 0) is 37.5 Å². The SMILES string of the molecule is C=CCC1=C(C)CC(Sc2ccccc2)C1=O. The van der Waals surface area contributed by atoms with Crippen LogP contribution < -0.4 is 0 Å². The lowest BCUT2D eigenvalue weighted by Gasteiger charge is -2.08. The summed E-state index contributed by atoms with van der Waals surface area (Å²) in [6.07, 6.45) is 3.39. The van der Waals surface area contributed by atoms with E-state index < -0.39 is 0 Å². The smallest absolute Gasteiger partial charge is 0.172 e. The van der Waals surface area contributed by atoms with Crippen molar-refractivity contribution in [2.75, 3.05) is 0 Å². The topological polar surface area (TPSA) is 17.1 Å². The zero-order valence-electron chi connectivity index (χ0n) is 9.98. The minimum Gasteiger partial charge on any atom is -0.293 e. The summed E-state index contributed by atoms with van der Waals surface area (Å²) in [5.74, 6) is 0.288. The summed E-state index contributed by atoms with van der Waals surface area (Å²) < 4.78 is 0. The van der Waals surface area contributed by atoms with Gasteiger partial charge < -0.3 is 0 Å². The molecule has 88 valence electrons. The number of ketones is 1. The van der Waals surface area contributed by atoms with E-state index in [4.69, 9.17) is 0 Å². The second-order valence-electron chi connectivity index (χ2n) is 4.24. The molecule has 0 aliphatic heterocycles. The van der Waals surface area contributed by atoms with Crippen LogP contribution in [0.3, 0.4) is 0 Å². The number of carbonyl (C=O) groups is 1. The molecular formula is C15H16OS. The number of hydrogen-bond acceptors (Lipinski definition) is 2. The Balaban J connectivity index is 2.08. The summed E-state index contributed by atoms with van der Waals surface area (Å²) in [5, 5.41) is 0.0624. The van der Waals surface area contributed by atoms with Gasteiger partial charge in [-0.1, -0.05) is 29.8 Å². The molecule has 0 bridgehead atoms. The van der Waals surface area contributed by atoms with Crippen LogP contribution in [0.25, 0.3) is 0 Å². The Kier molecular flexibility index (Phi) is 3.85. The lowest BCUT2D eigenvalue weighted by atomic mass is 10.1. The average Bonchev–Trinajstić information content (AvgIpc) is 2.59. The fourth-order valence-electron chi connectivity index (χ4n) is 2.08. The maximum Gasteiger partial charge on any atom is 0.172 e. The Morgan fingerprint density at radius 3 is 2.76 bits per heavy atom. The second-order valence-corrected chi connectivity index (χ2v) is 5.52. The zero-order valence-corrected chi connectivity index (χ0v) is 10.8. The number of rotatable bonds is 4. The highest BCUT2D eigenvalue weighted by Crippen LogP contribution is 2.36. The number of Topliss-reactive ketones (excluding diaryl/α,β-unsaturated/α-hetero) is 1. The van der Waals surface area contributed by atoms with E-state index in [1.54, 1.807) is 11.8 Å². The van der Waals surface area contributed by atoms with Crippen molar-refractivity contribution >= 4 is 17.5 Å².